The third-order valence-corrected chi connectivity index (χ3v) is 8.52. The molecule has 7 heteroatoms. The van der Waals surface area contributed by atoms with E-state index in [9.17, 15) is 9.90 Å². The second-order valence-corrected chi connectivity index (χ2v) is 9.58. The van der Waals surface area contributed by atoms with Gasteiger partial charge in [0.1, 0.15) is 5.76 Å². The molecular formula is C22H29NO6. The number of rotatable bonds is 4. The summed E-state index contributed by atoms with van der Waals surface area (Å²) in [6.07, 6.45) is 3.88. The lowest BCUT2D eigenvalue weighted by atomic mass is 9.69. The SMILES string of the molecule is CCCC[C@@]12[C@@H]3C[C@H]4[C@H]5[C@H](C)/C(=C6/OC(=O)C(C)=C6OC)O[C@]5(O3)[C@@H]1[C@@H](O)CN42. The molecule has 0 radical (unpaired) electrons. The minimum Gasteiger partial charge on any atom is -0.492 e. The van der Waals surface area contributed by atoms with Crippen LogP contribution in [0.2, 0.25) is 0 Å². The molecule has 5 fully saturated rings. The van der Waals surface area contributed by atoms with Gasteiger partial charge in [0.15, 0.2) is 5.76 Å². The Morgan fingerprint density at radius 1 is 1.38 bits per heavy atom. The molecular weight excluding hydrogens is 374 g/mol. The number of ether oxygens (including phenoxy) is 4. The quantitative estimate of drug-likeness (QED) is 0.720. The number of β-amino-alcohol motifs (C(OH)–C–C–N with tert-alkyl or cyclic N) is 1. The Balaban J connectivity index is 1.48. The van der Waals surface area contributed by atoms with Crippen molar-refractivity contribution in [1.29, 1.82) is 0 Å². The van der Waals surface area contributed by atoms with Crippen LogP contribution in [0.5, 0.6) is 0 Å². The summed E-state index contributed by atoms with van der Waals surface area (Å²) in [6.45, 7) is 6.74. The zero-order valence-electron chi connectivity index (χ0n) is 17.4. The maximum atomic E-state index is 12.2. The predicted octanol–water partition coefficient (Wildman–Crippen LogP) is 2.06. The van der Waals surface area contributed by atoms with Gasteiger partial charge in [0, 0.05) is 18.5 Å². The molecule has 7 nitrogen and oxygen atoms in total. The van der Waals surface area contributed by atoms with E-state index < -0.39 is 17.9 Å². The Hall–Kier alpha value is -1.57. The lowest BCUT2D eigenvalue weighted by molar-refractivity contribution is -0.263. The van der Waals surface area contributed by atoms with E-state index in [1.165, 1.54) is 0 Å². The molecule has 0 aromatic carbocycles. The first-order valence-corrected chi connectivity index (χ1v) is 10.9. The van der Waals surface area contributed by atoms with E-state index in [2.05, 4.69) is 18.7 Å². The number of hydrogen-bond donors (Lipinski definition) is 1. The van der Waals surface area contributed by atoms with Crippen LogP contribution in [0.15, 0.2) is 22.9 Å². The van der Waals surface area contributed by atoms with Gasteiger partial charge in [-0.05, 0) is 19.8 Å². The summed E-state index contributed by atoms with van der Waals surface area (Å²) in [7, 11) is 1.54. The molecule has 6 rings (SSSR count). The van der Waals surface area contributed by atoms with E-state index in [0.29, 0.717) is 35.4 Å². The Kier molecular flexibility index (Phi) is 3.49. The summed E-state index contributed by atoms with van der Waals surface area (Å²) in [4.78, 5) is 14.7. The fourth-order valence-electron chi connectivity index (χ4n) is 7.65. The second-order valence-electron chi connectivity index (χ2n) is 9.58. The first-order chi connectivity index (χ1) is 13.9. The summed E-state index contributed by atoms with van der Waals surface area (Å²) in [5, 5.41) is 11.1. The van der Waals surface area contributed by atoms with Gasteiger partial charge in [-0.25, -0.2) is 4.79 Å². The van der Waals surface area contributed by atoms with Crippen molar-refractivity contribution in [3.8, 4) is 0 Å². The third kappa shape index (κ3) is 1.81. The number of carbonyl (C=O) groups is 1. The van der Waals surface area contributed by atoms with Crippen LogP contribution >= 0.6 is 0 Å². The number of fused-ring (bicyclic) bond motifs is 1. The maximum Gasteiger partial charge on any atom is 0.343 e. The van der Waals surface area contributed by atoms with E-state index in [-0.39, 0.29) is 29.4 Å². The Morgan fingerprint density at radius 2 is 2.17 bits per heavy atom. The van der Waals surface area contributed by atoms with Gasteiger partial charge in [0.25, 0.3) is 0 Å². The minimum absolute atomic E-state index is 0.0115. The molecule has 0 aliphatic carbocycles. The van der Waals surface area contributed by atoms with Gasteiger partial charge in [0.05, 0.1) is 42.3 Å². The van der Waals surface area contributed by atoms with Gasteiger partial charge < -0.3 is 24.1 Å². The molecule has 0 amide bonds. The van der Waals surface area contributed by atoms with Crippen molar-refractivity contribution in [1.82, 2.24) is 4.90 Å². The van der Waals surface area contributed by atoms with E-state index in [1.807, 2.05) is 0 Å². The number of nitrogens with zero attached hydrogens (tertiary/aromatic N) is 1. The third-order valence-electron chi connectivity index (χ3n) is 8.52. The first-order valence-electron chi connectivity index (χ1n) is 10.9. The molecule has 9 atom stereocenters. The van der Waals surface area contributed by atoms with E-state index >= 15 is 0 Å². The highest BCUT2D eigenvalue weighted by atomic mass is 16.7. The van der Waals surface area contributed by atoms with Crippen molar-refractivity contribution in [2.75, 3.05) is 13.7 Å². The molecule has 1 N–H and O–H groups in total. The summed E-state index contributed by atoms with van der Waals surface area (Å²) in [5.74, 6) is 0.275. The summed E-state index contributed by atoms with van der Waals surface area (Å²) in [6, 6.07) is 0.320. The smallest absolute Gasteiger partial charge is 0.343 e. The van der Waals surface area contributed by atoms with Crippen LogP contribution in [-0.4, -0.2) is 59.2 Å². The summed E-state index contributed by atoms with van der Waals surface area (Å²) in [5.41, 5.74) is 0.330. The highest BCUT2D eigenvalue weighted by Gasteiger charge is 2.86. The lowest BCUT2D eigenvalue weighted by Gasteiger charge is -2.48. The lowest BCUT2D eigenvalue weighted by Crippen LogP contribution is -2.62. The Morgan fingerprint density at radius 3 is 2.90 bits per heavy atom. The molecule has 1 unspecified atom stereocenters. The van der Waals surface area contributed by atoms with Gasteiger partial charge in [-0.3, -0.25) is 4.90 Å². The van der Waals surface area contributed by atoms with Crippen LogP contribution in [0.4, 0.5) is 0 Å². The fraction of sp³-hybridized carbons (Fsp3) is 0.773. The van der Waals surface area contributed by atoms with E-state index in [0.717, 1.165) is 25.7 Å². The van der Waals surface area contributed by atoms with Gasteiger partial charge in [-0.2, -0.15) is 0 Å². The standard InChI is InChI=1S/C22H29NO6/c1-5-6-7-21-14-8-12-15-10(2)17(18-16(26-4)11(3)20(25)27-18)29-22(15,28-14)19(21)13(24)9-23(12)21/h10,12-15,19,24H,5-9H2,1-4H3/b18-17-/t10-,12-,13-,14-,15+,19+,21+,22-/m0/s1. The van der Waals surface area contributed by atoms with Crippen molar-refractivity contribution in [3.63, 3.8) is 0 Å². The van der Waals surface area contributed by atoms with Gasteiger partial charge in [-0.1, -0.05) is 26.7 Å². The maximum absolute atomic E-state index is 12.2. The number of aliphatic hydroxyl groups excluding tert-OH is 1. The Labute approximate surface area is 170 Å². The predicted molar refractivity (Wildman–Crippen MR) is 101 cm³/mol. The zero-order valence-corrected chi connectivity index (χ0v) is 17.4. The van der Waals surface area contributed by atoms with Crippen LogP contribution in [0.3, 0.4) is 0 Å². The average molecular weight is 403 g/mol. The normalized spacial score (nSPS) is 53.7. The summed E-state index contributed by atoms with van der Waals surface area (Å²) < 4.78 is 24.4. The van der Waals surface area contributed by atoms with Crippen molar-refractivity contribution in [2.24, 2.45) is 17.8 Å². The van der Waals surface area contributed by atoms with Crippen molar-refractivity contribution in [2.45, 2.75) is 76.0 Å². The largest absolute Gasteiger partial charge is 0.492 e. The van der Waals surface area contributed by atoms with E-state index in [4.69, 9.17) is 18.9 Å². The van der Waals surface area contributed by atoms with E-state index in [1.54, 1.807) is 14.0 Å². The number of hydrogen-bond acceptors (Lipinski definition) is 7. The molecule has 5 saturated heterocycles. The second kappa shape index (κ2) is 5.56. The average Bonchev–Trinajstić information content (AvgIpc) is 3.37. The number of methoxy groups -OCH3 is 1. The fourth-order valence-corrected chi connectivity index (χ4v) is 7.65. The van der Waals surface area contributed by atoms with Crippen LogP contribution < -0.4 is 0 Å². The van der Waals surface area contributed by atoms with Crippen molar-refractivity contribution >= 4 is 5.97 Å². The number of esters is 1. The molecule has 0 aromatic heterocycles. The first kappa shape index (κ1) is 18.2. The van der Waals surface area contributed by atoms with Gasteiger partial charge in [0.2, 0.25) is 11.5 Å². The highest BCUT2D eigenvalue weighted by molar-refractivity contribution is 5.93. The number of carbonyl (C=O) groups excluding carboxylic acids is 1. The summed E-state index contributed by atoms with van der Waals surface area (Å²) >= 11 is 0. The Bertz CT molecular complexity index is 865. The highest BCUT2D eigenvalue weighted by Crippen LogP contribution is 2.73. The molecule has 6 aliphatic rings. The molecule has 6 aliphatic heterocycles. The number of aliphatic hydroxyl groups is 1. The van der Waals surface area contributed by atoms with Crippen LogP contribution in [0.1, 0.15) is 46.5 Å². The van der Waals surface area contributed by atoms with Crippen LogP contribution in [0, 0.1) is 17.8 Å². The van der Waals surface area contributed by atoms with Crippen molar-refractivity contribution < 1.29 is 28.8 Å². The topological polar surface area (TPSA) is 77.5 Å². The van der Waals surface area contributed by atoms with Crippen molar-refractivity contribution in [3.05, 3.63) is 22.9 Å². The zero-order chi connectivity index (χ0) is 20.3. The number of unbranched alkanes of at least 4 members (excludes halogenated alkanes) is 1. The molecule has 0 aromatic rings. The minimum atomic E-state index is -0.836. The van der Waals surface area contributed by atoms with Gasteiger partial charge >= 0.3 is 5.97 Å². The molecule has 29 heavy (non-hydrogen) atoms. The van der Waals surface area contributed by atoms with Crippen LogP contribution in [-0.2, 0) is 23.7 Å². The number of cyclic esters (lactones) is 1. The molecule has 6 heterocycles. The van der Waals surface area contributed by atoms with Crippen LogP contribution in [0.25, 0.3) is 0 Å². The van der Waals surface area contributed by atoms with Gasteiger partial charge in [-0.15, -0.1) is 0 Å². The molecule has 1 spiro atoms. The monoisotopic (exact) mass is 403 g/mol. The molecule has 158 valence electrons. The number of allylic oxidation sites excluding steroid dienone is 1. The number of piperidine rings is 1. The molecule has 0 saturated carbocycles. The molecule has 5 bridgehead atoms.